The summed E-state index contributed by atoms with van der Waals surface area (Å²) in [4.78, 5) is 25.4. The van der Waals surface area contributed by atoms with E-state index in [2.05, 4.69) is 6.07 Å². The van der Waals surface area contributed by atoms with E-state index in [-0.39, 0.29) is 0 Å². The van der Waals surface area contributed by atoms with Crippen LogP contribution in [0.2, 0.25) is 0 Å². The standard InChI is InChI=1S/C30H33NO5/c1-28(2)25(15-16-26(32)36-29(3)17-8-5-9-18-29)30(28,27(33)34)24(20-31)21-11-10-14-23(19-21)35-22-12-6-4-7-13-22/h4,6-7,10-16,19,24-25H,5,8-9,17-18H2,1-3H3,(H,33,34)/b16-15-/t24-,25-,30+/m0/s1. The van der Waals surface area contributed by atoms with Gasteiger partial charge in [-0.2, -0.15) is 5.26 Å². The quantitative estimate of drug-likeness (QED) is 0.331. The number of para-hydroxylation sites is 1. The Morgan fingerprint density at radius 3 is 2.33 bits per heavy atom. The zero-order chi connectivity index (χ0) is 26.0. The number of nitriles is 1. The molecule has 36 heavy (non-hydrogen) atoms. The SMILES string of the molecule is CC1(OC(=O)/C=C\[C@H]2C(C)(C)[C@]2(C(=O)O)[C@@H](C#N)c2cccc(Oc3ccccc3)c2)CCCCC1. The van der Waals surface area contributed by atoms with Crippen LogP contribution in [0.1, 0.15) is 64.4 Å². The van der Waals surface area contributed by atoms with Crippen molar-refractivity contribution < 1.29 is 24.2 Å². The fraction of sp³-hybridized carbons (Fsp3) is 0.433. The van der Waals surface area contributed by atoms with Crippen molar-refractivity contribution in [2.75, 3.05) is 0 Å². The highest BCUT2D eigenvalue weighted by Crippen LogP contribution is 2.75. The molecule has 2 aromatic carbocycles. The molecule has 2 aliphatic carbocycles. The van der Waals surface area contributed by atoms with Crippen LogP contribution < -0.4 is 4.74 Å². The number of carboxylic acids is 1. The number of nitrogens with zero attached hydrogens (tertiary/aromatic N) is 1. The van der Waals surface area contributed by atoms with E-state index in [4.69, 9.17) is 9.47 Å². The molecule has 1 N–H and O–H groups in total. The Balaban J connectivity index is 1.58. The topological polar surface area (TPSA) is 96.6 Å². The predicted octanol–water partition coefficient (Wildman–Crippen LogP) is 6.64. The molecule has 0 unspecified atom stereocenters. The van der Waals surface area contributed by atoms with E-state index >= 15 is 0 Å². The predicted molar refractivity (Wildman–Crippen MR) is 135 cm³/mol. The number of hydrogen-bond acceptors (Lipinski definition) is 5. The summed E-state index contributed by atoms with van der Waals surface area (Å²) in [5.41, 5.74) is -2.05. The lowest BCUT2D eigenvalue weighted by molar-refractivity contribution is -0.155. The van der Waals surface area contributed by atoms with Crippen LogP contribution in [-0.2, 0) is 14.3 Å². The second-order valence-corrected chi connectivity index (χ2v) is 10.7. The van der Waals surface area contributed by atoms with Gasteiger partial charge in [0.2, 0.25) is 0 Å². The average molecular weight is 488 g/mol. The van der Waals surface area contributed by atoms with Gasteiger partial charge in [0.1, 0.15) is 22.5 Å². The molecule has 0 radical (unpaired) electrons. The van der Waals surface area contributed by atoms with Gasteiger partial charge in [-0.25, -0.2) is 4.79 Å². The monoisotopic (exact) mass is 487 g/mol. The summed E-state index contributed by atoms with van der Waals surface area (Å²) in [6, 6.07) is 18.5. The summed E-state index contributed by atoms with van der Waals surface area (Å²) < 4.78 is 11.7. The Hall–Kier alpha value is -3.59. The third-order valence-corrected chi connectivity index (χ3v) is 8.04. The van der Waals surface area contributed by atoms with Crippen LogP contribution in [0.4, 0.5) is 0 Å². The van der Waals surface area contributed by atoms with Crippen LogP contribution in [0.15, 0.2) is 66.7 Å². The van der Waals surface area contributed by atoms with Gasteiger partial charge in [-0.15, -0.1) is 0 Å². The van der Waals surface area contributed by atoms with Crippen LogP contribution in [0.25, 0.3) is 0 Å². The number of allylic oxidation sites excluding steroid dienone is 1. The van der Waals surface area contributed by atoms with E-state index < -0.39 is 40.2 Å². The number of hydrogen-bond donors (Lipinski definition) is 1. The minimum atomic E-state index is -1.39. The number of esters is 1. The summed E-state index contributed by atoms with van der Waals surface area (Å²) >= 11 is 0. The third-order valence-electron chi connectivity index (χ3n) is 8.04. The molecule has 6 nitrogen and oxygen atoms in total. The van der Waals surface area contributed by atoms with Crippen LogP contribution in [0.5, 0.6) is 11.5 Å². The van der Waals surface area contributed by atoms with Crippen molar-refractivity contribution in [1.82, 2.24) is 0 Å². The zero-order valence-electron chi connectivity index (χ0n) is 21.1. The van der Waals surface area contributed by atoms with Gasteiger partial charge in [0.25, 0.3) is 0 Å². The zero-order valence-corrected chi connectivity index (χ0v) is 21.1. The molecule has 188 valence electrons. The van der Waals surface area contributed by atoms with Crippen LogP contribution >= 0.6 is 0 Å². The maximum absolute atomic E-state index is 12.7. The summed E-state index contributed by atoms with van der Waals surface area (Å²) in [5, 5.41) is 20.6. The van der Waals surface area contributed by atoms with Crippen molar-refractivity contribution >= 4 is 11.9 Å². The number of aliphatic carboxylic acids is 1. The Kier molecular flexibility index (Phi) is 6.95. The van der Waals surface area contributed by atoms with Crippen molar-refractivity contribution in [3.8, 4) is 17.6 Å². The molecule has 2 aromatic rings. The van der Waals surface area contributed by atoms with E-state index in [9.17, 15) is 20.0 Å². The number of carboxylic acid groups (broad SMARTS) is 1. The van der Waals surface area contributed by atoms with Gasteiger partial charge < -0.3 is 14.6 Å². The van der Waals surface area contributed by atoms with E-state index in [1.54, 1.807) is 30.3 Å². The molecule has 0 aliphatic heterocycles. The van der Waals surface area contributed by atoms with E-state index in [1.807, 2.05) is 51.1 Å². The first-order chi connectivity index (χ1) is 17.1. The Bertz CT molecular complexity index is 1190. The fourth-order valence-electron chi connectivity index (χ4n) is 5.99. The fourth-order valence-corrected chi connectivity index (χ4v) is 5.99. The van der Waals surface area contributed by atoms with E-state index in [0.29, 0.717) is 17.1 Å². The molecule has 0 saturated heterocycles. The summed E-state index contributed by atoms with van der Waals surface area (Å²) in [5.74, 6) is -1.81. The number of ether oxygens (including phenoxy) is 2. The molecule has 0 aromatic heterocycles. The lowest BCUT2D eigenvalue weighted by atomic mass is 9.78. The maximum Gasteiger partial charge on any atom is 0.330 e. The lowest BCUT2D eigenvalue weighted by Crippen LogP contribution is -2.33. The molecular weight excluding hydrogens is 454 g/mol. The minimum Gasteiger partial charge on any atom is -0.481 e. The highest BCUT2D eigenvalue weighted by Gasteiger charge is 2.78. The molecule has 4 rings (SSSR count). The van der Waals surface area contributed by atoms with E-state index in [1.165, 1.54) is 6.08 Å². The molecule has 0 bridgehead atoms. The molecule has 0 amide bonds. The van der Waals surface area contributed by atoms with Crippen molar-refractivity contribution in [1.29, 1.82) is 5.26 Å². The first-order valence-corrected chi connectivity index (χ1v) is 12.5. The molecule has 0 heterocycles. The second kappa shape index (κ2) is 9.81. The van der Waals surface area contributed by atoms with Gasteiger partial charge in [0.15, 0.2) is 0 Å². The molecule has 2 fully saturated rings. The molecule has 2 aliphatic rings. The first-order valence-electron chi connectivity index (χ1n) is 12.5. The molecule has 2 saturated carbocycles. The third kappa shape index (κ3) is 4.63. The lowest BCUT2D eigenvalue weighted by Gasteiger charge is -2.32. The van der Waals surface area contributed by atoms with Crippen LogP contribution in [0, 0.1) is 28.1 Å². The van der Waals surface area contributed by atoms with Gasteiger partial charge in [0.05, 0.1) is 12.0 Å². The second-order valence-electron chi connectivity index (χ2n) is 10.7. The van der Waals surface area contributed by atoms with Crippen molar-refractivity contribution in [2.45, 2.75) is 64.4 Å². The Morgan fingerprint density at radius 2 is 1.69 bits per heavy atom. The minimum absolute atomic E-state index is 0.465. The van der Waals surface area contributed by atoms with Crippen LogP contribution in [0.3, 0.4) is 0 Å². The van der Waals surface area contributed by atoms with Gasteiger partial charge in [-0.3, -0.25) is 4.79 Å². The largest absolute Gasteiger partial charge is 0.481 e. The van der Waals surface area contributed by atoms with Gasteiger partial charge in [-0.1, -0.05) is 56.7 Å². The maximum atomic E-state index is 12.7. The number of carbonyl (C=O) groups is 2. The number of benzene rings is 2. The molecule has 0 spiro atoms. The van der Waals surface area contributed by atoms with Gasteiger partial charge in [-0.05, 0) is 67.9 Å². The number of carbonyl (C=O) groups excluding carboxylic acids is 1. The molecule has 3 atom stereocenters. The summed E-state index contributed by atoms with van der Waals surface area (Å²) in [6.07, 6.45) is 7.84. The van der Waals surface area contributed by atoms with Crippen molar-refractivity contribution in [3.05, 3.63) is 72.3 Å². The van der Waals surface area contributed by atoms with Crippen molar-refractivity contribution in [3.63, 3.8) is 0 Å². The smallest absolute Gasteiger partial charge is 0.330 e. The first kappa shape index (κ1) is 25.5. The average Bonchev–Trinajstić information content (AvgIpc) is 3.34. The van der Waals surface area contributed by atoms with Gasteiger partial charge in [0, 0.05) is 12.0 Å². The van der Waals surface area contributed by atoms with Crippen molar-refractivity contribution in [2.24, 2.45) is 16.7 Å². The summed E-state index contributed by atoms with van der Waals surface area (Å²) in [7, 11) is 0. The Morgan fingerprint density at radius 1 is 1.03 bits per heavy atom. The number of rotatable bonds is 8. The van der Waals surface area contributed by atoms with Crippen LogP contribution in [-0.4, -0.2) is 22.6 Å². The Labute approximate surface area is 212 Å². The molecule has 6 heteroatoms. The summed E-state index contributed by atoms with van der Waals surface area (Å²) in [6.45, 7) is 5.62. The normalized spacial score (nSPS) is 24.9. The highest BCUT2D eigenvalue weighted by atomic mass is 16.6. The molecular formula is C30H33NO5. The highest BCUT2D eigenvalue weighted by molar-refractivity contribution is 5.86. The van der Waals surface area contributed by atoms with Gasteiger partial charge >= 0.3 is 11.9 Å². The van der Waals surface area contributed by atoms with E-state index in [0.717, 1.165) is 32.1 Å².